The molecular weight excluding hydrogens is 433 g/mol. The van der Waals surface area contributed by atoms with Crippen LogP contribution in [0.15, 0.2) is 46.9 Å². The van der Waals surface area contributed by atoms with Crippen LogP contribution in [0.3, 0.4) is 0 Å². The van der Waals surface area contributed by atoms with Crippen molar-refractivity contribution in [3.05, 3.63) is 63.9 Å². The molecule has 2 N–H and O–H groups in total. The molecule has 0 aliphatic carbocycles. The Labute approximate surface area is 179 Å². The van der Waals surface area contributed by atoms with Gasteiger partial charge in [-0.25, -0.2) is 4.39 Å². The molecule has 29 heavy (non-hydrogen) atoms. The van der Waals surface area contributed by atoms with E-state index in [0.29, 0.717) is 5.69 Å². The van der Waals surface area contributed by atoms with Crippen LogP contribution in [0.25, 0.3) is 0 Å². The molecule has 0 bridgehead atoms. The second-order valence-corrected chi connectivity index (χ2v) is 9.27. The summed E-state index contributed by atoms with van der Waals surface area (Å²) in [5, 5.41) is 6.92. The lowest BCUT2D eigenvalue weighted by molar-refractivity contribution is -0.103. The van der Waals surface area contributed by atoms with E-state index >= 15 is 0 Å². The fraction of sp³-hybridized carbons (Fsp3) is 0.478. The molecule has 2 saturated heterocycles. The summed E-state index contributed by atoms with van der Waals surface area (Å²) in [5.74, 6) is 0.0689. The van der Waals surface area contributed by atoms with Crippen LogP contribution in [-0.4, -0.2) is 43.7 Å². The molecule has 3 heterocycles. The molecular formula is C23H27BrFN3O. The van der Waals surface area contributed by atoms with Gasteiger partial charge in [0.15, 0.2) is 0 Å². The highest BCUT2D eigenvalue weighted by molar-refractivity contribution is 9.10. The molecule has 4 nitrogen and oxygen atoms in total. The fourth-order valence-corrected chi connectivity index (χ4v) is 5.54. The Morgan fingerprint density at radius 3 is 2.69 bits per heavy atom. The predicted molar refractivity (Wildman–Crippen MR) is 117 cm³/mol. The zero-order valence-corrected chi connectivity index (χ0v) is 18.0. The van der Waals surface area contributed by atoms with Crippen molar-refractivity contribution in [2.75, 3.05) is 38.0 Å². The van der Waals surface area contributed by atoms with E-state index in [-0.39, 0.29) is 30.0 Å². The number of fused-ring (bicyclic) bond motifs is 3. The Morgan fingerprint density at radius 2 is 1.90 bits per heavy atom. The highest BCUT2D eigenvalue weighted by Gasteiger charge is 2.43. The number of anilines is 1. The molecule has 0 spiro atoms. The van der Waals surface area contributed by atoms with Crippen molar-refractivity contribution in [2.45, 2.75) is 31.1 Å². The maximum atomic E-state index is 14.9. The summed E-state index contributed by atoms with van der Waals surface area (Å²) in [7, 11) is 0. The number of hydrogen-bond donors (Lipinski definition) is 2. The molecule has 3 aliphatic heterocycles. The van der Waals surface area contributed by atoms with Crippen molar-refractivity contribution in [3.8, 4) is 0 Å². The van der Waals surface area contributed by atoms with E-state index in [0.717, 1.165) is 55.6 Å². The minimum atomic E-state index is -0.221. The SMILES string of the molecule is Fc1cc(Br)cc2c1N[C@@H](c1ccccc1)[C@@H]1CC[C@H](CN3CCNCC3)OC21. The molecule has 0 radical (unpaired) electrons. The Balaban J connectivity index is 1.45. The third-order valence-electron chi connectivity index (χ3n) is 6.50. The standard InChI is InChI=1S/C23H27BrFN3O/c24-16-12-19-22(20(25)13-16)27-21(15-4-2-1-3-5-15)18-7-6-17(29-23(18)19)14-28-10-8-26-9-11-28/h1-5,12-13,17-18,21,23,26-27H,6-11,14H2/t17-,18+,21+,23?/m1/s1. The summed E-state index contributed by atoms with van der Waals surface area (Å²) < 4.78 is 22.3. The van der Waals surface area contributed by atoms with E-state index in [1.165, 1.54) is 11.6 Å². The third-order valence-corrected chi connectivity index (χ3v) is 6.96. The van der Waals surface area contributed by atoms with Crippen LogP contribution < -0.4 is 10.6 Å². The normalized spacial score (nSPS) is 29.6. The van der Waals surface area contributed by atoms with Crippen LogP contribution in [0.2, 0.25) is 0 Å². The molecule has 0 amide bonds. The first-order chi connectivity index (χ1) is 14.2. The number of nitrogens with one attached hydrogen (secondary N) is 2. The summed E-state index contributed by atoms with van der Waals surface area (Å²) in [6.45, 7) is 5.18. The molecule has 2 fully saturated rings. The molecule has 2 aromatic carbocycles. The van der Waals surface area contributed by atoms with Crippen LogP contribution in [-0.2, 0) is 4.74 Å². The molecule has 3 aliphatic rings. The van der Waals surface area contributed by atoms with Crippen molar-refractivity contribution in [3.63, 3.8) is 0 Å². The highest BCUT2D eigenvalue weighted by Crippen LogP contribution is 2.51. The number of benzene rings is 2. The van der Waals surface area contributed by atoms with Gasteiger partial charge in [0.2, 0.25) is 0 Å². The zero-order chi connectivity index (χ0) is 19.8. The second kappa shape index (κ2) is 8.34. The number of nitrogens with zero attached hydrogens (tertiary/aromatic N) is 1. The van der Waals surface area contributed by atoms with Gasteiger partial charge in [-0.05, 0) is 30.5 Å². The monoisotopic (exact) mass is 459 g/mol. The van der Waals surface area contributed by atoms with E-state index in [4.69, 9.17) is 4.74 Å². The first-order valence-corrected chi connectivity index (χ1v) is 11.4. The van der Waals surface area contributed by atoms with E-state index < -0.39 is 0 Å². The largest absolute Gasteiger partial charge is 0.375 e. The zero-order valence-electron chi connectivity index (χ0n) is 16.4. The second-order valence-electron chi connectivity index (χ2n) is 8.36. The van der Waals surface area contributed by atoms with Gasteiger partial charge >= 0.3 is 0 Å². The van der Waals surface area contributed by atoms with Crippen molar-refractivity contribution >= 4 is 21.6 Å². The van der Waals surface area contributed by atoms with Gasteiger partial charge < -0.3 is 15.4 Å². The van der Waals surface area contributed by atoms with Gasteiger partial charge in [0.05, 0.1) is 23.9 Å². The van der Waals surface area contributed by atoms with Gasteiger partial charge in [-0.15, -0.1) is 0 Å². The lowest BCUT2D eigenvalue weighted by atomic mass is 9.76. The molecule has 5 rings (SSSR count). The Kier molecular flexibility index (Phi) is 5.61. The first-order valence-electron chi connectivity index (χ1n) is 10.6. The average molecular weight is 460 g/mol. The van der Waals surface area contributed by atoms with Gasteiger partial charge in [0, 0.05) is 48.7 Å². The van der Waals surface area contributed by atoms with Crippen LogP contribution in [0.4, 0.5) is 10.1 Å². The summed E-state index contributed by atoms with van der Waals surface area (Å²) in [5.41, 5.74) is 2.73. The van der Waals surface area contributed by atoms with E-state index in [9.17, 15) is 4.39 Å². The van der Waals surface area contributed by atoms with Crippen LogP contribution >= 0.6 is 15.9 Å². The molecule has 2 aromatic rings. The van der Waals surface area contributed by atoms with Crippen LogP contribution in [0.1, 0.15) is 36.1 Å². The molecule has 0 saturated carbocycles. The smallest absolute Gasteiger partial charge is 0.147 e. The molecule has 0 aromatic heterocycles. The minimum absolute atomic E-state index is 0.0597. The maximum absolute atomic E-state index is 14.9. The summed E-state index contributed by atoms with van der Waals surface area (Å²) in [6, 6.07) is 14.0. The lowest BCUT2D eigenvalue weighted by Gasteiger charge is -2.46. The number of rotatable bonds is 3. The number of halogens is 2. The summed E-state index contributed by atoms with van der Waals surface area (Å²) in [4.78, 5) is 2.49. The molecule has 4 atom stereocenters. The Hall–Kier alpha value is -1.47. The van der Waals surface area contributed by atoms with Crippen molar-refractivity contribution in [1.82, 2.24) is 10.2 Å². The number of piperazine rings is 1. The van der Waals surface area contributed by atoms with Crippen molar-refractivity contribution in [2.24, 2.45) is 5.92 Å². The third kappa shape index (κ3) is 3.96. The van der Waals surface area contributed by atoms with Crippen molar-refractivity contribution < 1.29 is 9.13 Å². The Bertz CT molecular complexity index is 859. The number of hydrogen-bond acceptors (Lipinski definition) is 4. The van der Waals surface area contributed by atoms with Gasteiger partial charge in [0.1, 0.15) is 5.82 Å². The van der Waals surface area contributed by atoms with Gasteiger partial charge in [-0.1, -0.05) is 46.3 Å². The van der Waals surface area contributed by atoms with E-state index in [2.05, 4.69) is 55.7 Å². The topological polar surface area (TPSA) is 36.5 Å². The quantitative estimate of drug-likeness (QED) is 0.708. The molecule has 6 heteroatoms. The molecule has 154 valence electrons. The minimum Gasteiger partial charge on any atom is -0.375 e. The van der Waals surface area contributed by atoms with Gasteiger partial charge in [-0.3, -0.25) is 4.90 Å². The van der Waals surface area contributed by atoms with Crippen LogP contribution in [0, 0.1) is 11.7 Å². The first kappa shape index (κ1) is 19.5. The maximum Gasteiger partial charge on any atom is 0.147 e. The highest BCUT2D eigenvalue weighted by atomic mass is 79.9. The van der Waals surface area contributed by atoms with Gasteiger partial charge in [0.25, 0.3) is 0 Å². The lowest BCUT2D eigenvalue weighted by Crippen LogP contribution is -2.48. The van der Waals surface area contributed by atoms with Crippen molar-refractivity contribution in [1.29, 1.82) is 0 Å². The van der Waals surface area contributed by atoms with E-state index in [1.807, 2.05) is 12.1 Å². The molecule has 1 unspecified atom stereocenters. The fourth-order valence-electron chi connectivity index (χ4n) is 5.09. The number of ether oxygens (including phenoxy) is 1. The summed E-state index contributed by atoms with van der Waals surface area (Å²) >= 11 is 3.47. The Morgan fingerprint density at radius 1 is 1.10 bits per heavy atom. The summed E-state index contributed by atoms with van der Waals surface area (Å²) in [6.07, 6.45) is 2.22. The van der Waals surface area contributed by atoms with E-state index in [1.54, 1.807) is 0 Å². The van der Waals surface area contributed by atoms with Gasteiger partial charge in [-0.2, -0.15) is 0 Å². The predicted octanol–water partition coefficient (Wildman–Crippen LogP) is 4.50. The average Bonchev–Trinajstić information content (AvgIpc) is 2.75. The van der Waals surface area contributed by atoms with Crippen LogP contribution in [0.5, 0.6) is 0 Å².